The number of alkyl halides is 2. The quantitative estimate of drug-likeness (QED) is 0.433. The van der Waals surface area contributed by atoms with Crippen molar-refractivity contribution in [2.24, 2.45) is 7.05 Å². The molecule has 34 heavy (non-hydrogen) atoms. The van der Waals surface area contributed by atoms with Crippen LogP contribution in [0, 0.1) is 0 Å². The van der Waals surface area contributed by atoms with Crippen molar-refractivity contribution in [1.29, 1.82) is 0 Å². The zero-order valence-corrected chi connectivity index (χ0v) is 17.8. The predicted octanol–water partition coefficient (Wildman–Crippen LogP) is 2.57. The van der Waals surface area contributed by atoms with E-state index in [1.165, 1.54) is 21.5 Å². The number of amides is 1. The van der Waals surface area contributed by atoms with Gasteiger partial charge in [0.05, 0.1) is 23.2 Å². The van der Waals surface area contributed by atoms with Gasteiger partial charge in [-0.05, 0) is 24.3 Å². The number of carbonyl (C=O) groups excluding carboxylic acids is 1. The molecule has 1 atom stereocenters. The SMILES string of the molecule is Cn1nccc1-c1nnc(C(=O)N2CCc3[nH]cnc3[C@H]2c2cc3c(C(F)F)cccn3n2)o1. The van der Waals surface area contributed by atoms with Gasteiger partial charge in [0.15, 0.2) is 0 Å². The lowest BCUT2D eigenvalue weighted by Crippen LogP contribution is -2.41. The molecule has 6 heterocycles. The number of aromatic nitrogens is 8. The number of halogens is 2. The number of pyridine rings is 1. The molecule has 1 amide bonds. The Morgan fingerprint density at radius 3 is 2.97 bits per heavy atom. The largest absolute Gasteiger partial charge is 0.411 e. The molecule has 0 aromatic carbocycles. The summed E-state index contributed by atoms with van der Waals surface area (Å²) in [6.45, 7) is 0.317. The van der Waals surface area contributed by atoms with Crippen LogP contribution >= 0.6 is 0 Å². The van der Waals surface area contributed by atoms with Gasteiger partial charge in [0.1, 0.15) is 11.7 Å². The molecular formula is C21H17F2N9O2. The molecule has 172 valence electrons. The van der Waals surface area contributed by atoms with Crippen molar-refractivity contribution in [2.75, 3.05) is 6.54 Å². The van der Waals surface area contributed by atoms with E-state index in [4.69, 9.17) is 4.42 Å². The smallest absolute Gasteiger partial charge is 0.312 e. The first-order chi connectivity index (χ1) is 16.5. The Morgan fingerprint density at radius 1 is 1.29 bits per heavy atom. The van der Waals surface area contributed by atoms with Gasteiger partial charge in [-0.3, -0.25) is 9.48 Å². The molecule has 0 saturated carbocycles. The van der Waals surface area contributed by atoms with Crippen LogP contribution in [0.15, 0.2) is 47.4 Å². The lowest BCUT2D eigenvalue weighted by molar-refractivity contribution is 0.0646. The number of nitrogens with one attached hydrogen (secondary N) is 1. The Balaban J connectivity index is 1.42. The van der Waals surface area contributed by atoms with Gasteiger partial charge in [-0.1, -0.05) is 0 Å². The lowest BCUT2D eigenvalue weighted by Gasteiger charge is -2.32. The van der Waals surface area contributed by atoms with E-state index >= 15 is 0 Å². The molecular weight excluding hydrogens is 448 g/mol. The number of hydrogen-bond acceptors (Lipinski definition) is 7. The first-order valence-corrected chi connectivity index (χ1v) is 10.4. The maximum atomic E-state index is 13.6. The van der Waals surface area contributed by atoms with Gasteiger partial charge in [0.2, 0.25) is 0 Å². The predicted molar refractivity (Wildman–Crippen MR) is 112 cm³/mol. The summed E-state index contributed by atoms with van der Waals surface area (Å²) in [7, 11) is 1.72. The number of nitrogens with zero attached hydrogens (tertiary/aromatic N) is 8. The third kappa shape index (κ3) is 3.08. The Hall–Kier alpha value is -4.42. The standard InChI is InChI=1S/C21H17F2N9O2/c1-30-14(4-6-26-30)19-27-28-20(34-19)21(33)31-8-5-12-16(25-10-24-12)17(31)13-9-15-11(18(22)23)3-2-7-32(15)29-13/h2-4,6-7,9-10,17-18H,5,8H2,1H3,(H,24,25)/t17-/m1/s1. The van der Waals surface area contributed by atoms with Crippen molar-refractivity contribution in [3.8, 4) is 11.6 Å². The highest BCUT2D eigenvalue weighted by molar-refractivity contribution is 5.90. The molecule has 13 heteroatoms. The van der Waals surface area contributed by atoms with Gasteiger partial charge in [0, 0.05) is 43.7 Å². The van der Waals surface area contributed by atoms with Crippen molar-refractivity contribution in [1.82, 2.24) is 44.5 Å². The van der Waals surface area contributed by atoms with E-state index in [0.29, 0.717) is 30.0 Å². The fourth-order valence-electron chi connectivity index (χ4n) is 4.29. The summed E-state index contributed by atoms with van der Waals surface area (Å²) >= 11 is 0. The molecule has 1 aliphatic heterocycles. The van der Waals surface area contributed by atoms with Gasteiger partial charge in [-0.15, -0.1) is 10.2 Å². The third-order valence-corrected chi connectivity index (χ3v) is 5.90. The van der Waals surface area contributed by atoms with Crippen molar-refractivity contribution in [3.05, 3.63) is 71.5 Å². The fraction of sp³-hybridized carbons (Fsp3) is 0.238. The first-order valence-electron chi connectivity index (χ1n) is 10.4. The number of fused-ring (bicyclic) bond motifs is 2. The molecule has 1 aliphatic rings. The van der Waals surface area contributed by atoms with E-state index in [1.54, 1.807) is 42.6 Å². The molecule has 11 nitrogen and oxygen atoms in total. The van der Waals surface area contributed by atoms with Crippen LogP contribution < -0.4 is 0 Å². The first kappa shape index (κ1) is 20.2. The Labute approximate surface area is 190 Å². The molecule has 0 unspecified atom stereocenters. The molecule has 0 spiro atoms. The van der Waals surface area contributed by atoms with Crippen LogP contribution in [0.2, 0.25) is 0 Å². The van der Waals surface area contributed by atoms with Crippen LogP contribution in [0.25, 0.3) is 17.1 Å². The summed E-state index contributed by atoms with van der Waals surface area (Å²) in [5.41, 5.74) is 2.53. The zero-order chi connectivity index (χ0) is 23.4. The number of hydrogen-bond donors (Lipinski definition) is 1. The van der Waals surface area contributed by atoms with Crippen LogP contribution in [0.1, 0.15) is 45.8 Å². The molecule has 0 aliphatic carbocycles. The van der Waals surface area contributed by atoms with Crippen molar-refractivity contribution in [2.45, 2.75) is 18.9 Å². The van der Waals surface area contributed by atoms with Crippen LogP contribution in [0.5, 0.6) is 0 Å². The van der Waals surface area contributed by atoms with E-state index in [1.807, 2.05) is 0 Å². The van der Waals surface area contributed by atoms with E-state index in [2.05, 4.69) is 30.4 Å². The van der Waals surface area contributed by atoms with Crippen LogP contribution in [-0.4, -0.2) is 56.9 Å². The van der Waals surface area contributed by atoms with Gasteiger partial charge in [-0.25, -0.2) is 18.3 Å². The fourth-order valence-corrected chi connectivity index (χ4v) is 4.29. The van der Waals surface area contributed by atoms with Crippen LogP contribution in [-0.2, 0) is 13.5 Å². The van der Waals surface area contributed by atoms with Gasteiger partial charge in [0.25, 0.3) is 12.3 Å². The number of carbonyl (C=O) groups is 1. The minimum Gasteiger partial charge on any atom is -0.411 e. The monoisotopic (exact) mass is 465 g/mol. The molecule has 5 aromatic heterocycles. The summed E-state index contributed by atoms with van der Waals surface area (Å²) in [5, 5.41) is 16.5. The second-order valence-electron chi connectivity index (χ2n) is 7.83. The Bertz CT molecular complexity index is 1520. The number of aryl methyl sites for hydroxylation is 1. The normalized spacial score (nSPS) is 15.9. The molecule has 1 N–H and O–H groups in total. The summed E-state index contributed by atoms with van der Waals surface area (Å²) in [4.78, 5) is 22.5. The van der Waals surface area contributed by atoms with E-state index in [-0.39, 0.29) is 22.9 Å². The molecule has 0 bridgehead atoms. The third-order valence-electron chi connectivity index (χ3n) is 5.90. The average molecular weight is 465 g/mol. The van der Waals surface area contributed by atoms with Crippen molar-refractivity contribution in [3.63, 3.8) is 0 Å². The van der Waals surface area contributed by atoms with E-state index in [9.17, 15) is 13.6 Å². The van der Waals surface area contributed by atoms with Crippen LogP contribution in [0.3, 0.4) is 0 Å². The molecule has 5 aromatic rings. The van der Waals surface area contributed by atoms with Gasteiger partial charge in [-0.2, -0.15) is 10.2 Å². The maximum Gasteiger partial charge on any atom is 0.312 e. The van der Waals surface area contributed by atoms with Gasteiger partial charge < -0.3 is 14.3 Å². The molecule has 0 saturated heterocycles. The van der Waals surface area contributed by atoms with Crippen LogP contribution in [0.4, 0.5) is 8.78 Å². The number of rotatable bonds is 4. The number of imidazole rings is 1. The van der Waals surface area contributed by atoms with Gasteiger partial charge >= 0.3 is 11.8 Å². The Morgan fingerprint density at radius 2 is 2.18 bits per heavy atom. The minimum atomic E-state index is -2.66. The zero-order valence-electron chi connectivity index (χ0n) is 17.8. The molecule has 6 rings (SSSR count). The van der Waals surface area contributed by atoms with Crippen molar-refractivity contribution < 1.29 is 18.0 Å². The number of aromatic amines is 1. The Kier molecular flexibility index (Phi) is 4.50. The van der Waals surface area contributed by atoms with E-state index < -0.39 is 18.4 Å². The lowest BCUT2D eigenvalue weighted by atomic mass is 9.99. The molecule has 0 radical (unpaired) electrons. The number of H-pyrrole nitrogens is 1. The molecule has 0 fully saturated rings. The summed E-state index contributed by atoms with van der Waals surface area (Å²) in [6.07, 6.45) is 2.57. The summed E-state index contributed by atoms with van der Waals surface area (Å²) < 4.78 is 35.7. The summed E-state index contributed by atoms with van der Waals surface area (Å²) in [5.74, 6) is -0.547. The highest BCUT2D eigenvalue weighted by atomic mass is 19.3. The second kappa shape index (κ2) is 7.57. The minimum absolute atomic E-state index is 0.144. The topological polar surface area (TPSA) is 123 Å². The van der Waals surface area contributed by atoms with Crippen molar-refractivity contribution >= 4 is 11.4 Å². The van der Waals surface area contributed by atoms with E-state index in [0.717, 1.165) is 5.69 Å². The second-order valence-corrected chi connectivity index (χ2v) is 7.83. The highest BCUT2D eigenvalue weighted by Crippen LogP contribution is 2.35. The average Bonchev–Trinajstić information content (AvgIpc) is 3.62. The maximum absolute atomic E-state index is 13.6. The highest BCUT2D eigenvalue weighted by Gasteiger charge is 2.38. The summed E-state index contributed by atoms with van der Waals surface area (Å²) in [6, 6.07) is 5.39.